The number of nitrogens with one attached hydrogen (secondary N) is 1. The van der Waals surface area contributed by atoms with E-state index in [4.69, 9.17) is 4.74 Å². The van der Waals surface area contributed by atoms with Crippen molar-refractivity contribution in [1.82, 2.24) is 4.90 Å². The standard InChI is InChI=1S/C16H18BrN3O2/c1-11-9-20(10-12(2)22-11)16(21)13(7-18)8-19-15-6-4-3-5-14(15)17/h3-6,8,11-12,19H,9-10H2,1-2H3/b13-8-. The van der Waals surface area contributed by atoms with Gasteiger partial charge in [-0.1, -0.05) is 12.1 Å². The molecule has 0 spiro atoms. The number of nitriles is 1. The van der Waals surface area contributed by atoms with Crippen LogP contribution in [0.5, 0.6) is 0 Å². The van der Waals surface area contributed by atoms with E-state index in [0.29, 0.717) is 13.1 Å². The van der Waals surface area contributed by atoms with E-state index >= 15 is 0 Å². The normalized spacial score (nSPS) is 22.1. The van der Waals surface area contributed by atoms with Crippen LogP contribution in [0.3, 0.4) is 0 Å². The van der Waals surface area contributed by atoms with Crippen molar-refractivity contribution in [2.75, 3.05) is 18.4 Å². The summed E-state index contributed by atoms with van der Waals surface area (Å²) in [6.45, 7) is 4.84. The molecule has 1 aliphatic heterocycles. The smallest absolute Gasteiger partial charge is 0.266 e. The zero-order chi connectivity index (χ0) is 16.1. The Morgan fingerprint density at radius 1 is 1.41 bits per heavy atom. The third kappa shape index (κ3) is 4.09. The highest BCUT2D eigenvalue weighted by Crippen LogP contribution is 2.21. The van der Waals surface area contributed by atoms with E-state index in [0.717, 1.165) is 10.2 Å². The van der Waals surface area contributed by atoms with E-state index in [1.165, 1.54) is 6.20 Å². The monoisotopic (exact) mass is 363 g/mol. The summed E-state index contributed by atoms with van der Waals surface area (Å²) in [5.74, 6) is -0.274. The highest BCUT2D eigenvalue weighted by atomic mass is 79.9. The van der Waals surface area contributed by atoms with Gasteiger partial charge in [-0.05, 0) is 41.9 Å². The van der Waals surface area contributed by atoms with Gasteiger partial charge in [0.05, 0.1) is 17.9 Å². The van der Waals surface area contributed by atoms with Crippen LogP contribution in [0.25, 0.3) is 0 Å². The number of carbonyl (C=O) groups is 1. The Labute approximate surface area is 138 Å². The van der Waals surface area contributed by atoms with Crippen LogP contribution in [0.15, 0.2) is 40.5 Å². The topological polar surface area (TPSA) is 65.4 Å². The second-order valence-electron chi connectivity index (χ2n) is 5.26. The van der Waals surface area contributed by atoms with E-state index < -0.39 is 0 Å². The van der Waals surface area contributed by atoms with Gasteiger partial charge in [-0.25, -0.2) is 0 Å². The fourth-order valence-electron chi connectivity index (χ4n) is 2.38. The van der Waals surface area contributed by atoms with Gasteiger partial charge in [-0.2, -0.15) is 5.26 Å². The van der Waals surface area contributed by atoms with Gasteiger partial charge >= 0.3 is 0 Å². The Balaban J connectivity index is 2.10. The number of hydrogen-bond donors (Lipinski definition) is 1. The maximum atomic E-state index is 12.5. The summed E-state index contributed by atoms with van der Waals surface area (Å²) in [5, 5.41) is 12.3. The molecule has 1 heterocycles. The molecule has 1 aromatic rings. The Kier molecular flexibility index (Phi) is 5.58. The molecule has 2 unspecified atom stereocenters. The van der Waals surface area contributed by atoms with Crippen LogP contribution in [0, 0.1) is 11.3 Å². The first-order valence-corrected chi connectivity index (χ1v) is 7.86. The zero-order valence-corrected chi connectivity index (χ0v) is 14.1. The lowest BCUT2D eigenvalue weighted by Gasteiger charge is -2.35. The van der Waals surface area contributed by atoms with Crippen LogP contribution in [-0.2, 0) is 9.53 Å². The van der Waals surface area contributed by atoms with Crippen LogP contribution in [0.4, 0.5) is 5.69 Å². The van der Waals surface area contributed by atoms with Gasteiger partial charge in [0, 0.05) is 23.8 Å². The number of anilines is 1. The lowest BCUT2D eigenvalue weighted by molar-refractivity contribution is -0.138. The van der Waals surface area contributed by atoms with Crippen molar-refractivity contribution in [3.05, 3.63) is 40.5 Å². The maximum Gasteiger partial charge on any atom is 0.266 e. The number of hydrogen-bond acceptors (Lipinski definition) is 4. The molecule has 1 amide bonds. The average molecular weight is 364 g/mol. The molecule has 22 heavy (non-hydrogen) atoms. The van der Waals surface area contributed by atoms with Crippen molar-refractivity contribution < 1.29 is 9.53 Å². The highest BCUT2D eigenvalue weighted by molar-refractivity contribution is 9.10. The van der Waals surface area contributed by atoms with Crippen molar-refractivity contribution in [2.24, 2.45) is 0 Å². The van der Waals surface area contributed by atoms with Gasteiger partial charge in [0.1, 0.15) is 11.6 Å². The lowest BCUT2D eigenvalue weighted by atomic mass is 10.2. The Bertz CT molecular complexity index is 614. The summed E-state index contributed by atoms with van der Waals surface area (Å²) in [6.07, 6.45) is 1.40. The number of benzene rings is 1. The maximum absolute atomic E-state index is 12.5. The first-order chi connectivity index (χ1) is 10.5. The van der Waals surface area contributed by atoms with E-state index in [1.54, 1.807) is 4.90 Å². The third-order valence-corrected chi connectivity index (χ3v) is 4.00. The molecule has 0 saturated carbocycles. The van der Waals surface area contributed by atoms with E-state index in [2.05, 4.69) is 21.2 Å². The summed E-state index contributed by atoms with van der Waals surface area (Å²) in [6, 6.07) is 9.48. The number of rotatable bonds is 3. The molecule has 1 aliphatic rings. The minimum absolute atomic E-state index is 0.0242. The molecule has 2 atom stereocenters. The third-order valence-electron chi connectivity index (χ3n) is 3.30. The fourth-order valence-corrected chi connectivity index (χ4v) is 2.78. The first-order valence-electron chi connectivity index (χ1n) is 7.07. The number of ether oxygens (including phenoxy) is 1. The van der Waals surface area contributed by atoms with Crippen LogP contribution < -0.4 is 5.32 Å². The molecule has 0 aliphatic carbocycles. The van der Waals surface area contributed by atoms with Crippen LogP contribution in [-0.4, -0.2) is 36.1 Å². The number of nitrogens with zero attached hydrogens (tertiary/aromatic N) is 2. The first kappa shape index (κ1) is 16.5. The van der Waals surface area contributed by atoms with Crippen molar-refractivity contribution in [1.29, 1.82) is 5.26 Å². The van der Waals surface area contributed by atoms with Gasteiger partial charge in [0.2, 0.25) is 0 Å². The van der Waals surface area contributed by atoms with Gasteiger partial charge in [0.25, 0.3) is 5.91 Å². The molecule has 0 aromatic heterocycles. The number of halogens is 1. The van der Waals surface area contributed by atoms with Gasteiger partial charge in [-0.3, -0.25) is 4.79 Å². The van der Waals surface area contributed by atoms with Crippen molar-refractivity contribution in [3.63, 3.8) is 0 Å². The summed E-state index contributed by atoms with van der Waals surface area (Å²) in [7, 11) is 0. The van der Waals surface area contributed by atoms with Crippen LogP contribution in [0.2, 0.25) is 0 Å². The largest absolute Gasteiger partial charge is 0.372 e. The quantitative estimate of drug-likeness (QED) is 0.662. The van der Waals surface area contributed by atoms with Crippen molar-refractivity contribution in [3.8, 4) is 6.07 Å². The molecular formula is C16H18BrN3O2. The minimum Gasteiger partial charge on any atom is -0.372 e. The number of morpholine rings is 1. The summed E-state index contributed by atoms with van der Waals surface area (Å²) >= 11 is 3.41. The molecule has 1 aromatic carbocycles. The second kappa shape index (κ2) is 7.43. The summed E-state index contributed by atoms with van der Waals surface area (Å²) < 4.78 is 6.47. The molecule has 1 N–H and O–H groups in total. The van der Waals surface area contributed by atoms with Gasteiger partial charge in [-0.15, -0.1) is 0 Å². The number of carbonyl (C=O) groups excluding carboxylic acids is 1. The molecule has 0 bridgehead atoms. The molecule has 1 saturated heterocycles. The van der Waals surface area contributed by atoms with E-state index in [-0.39, 0.29) is 23.7 Å². The van der Waals surface area contributed by atoms with E-state index in [9.17, 15) is 10.1 Å². The Morgan fingerprint density at radius 3 is 2.64 bits per heavy atom. The second-order valence-corrected chi connectivity index (χ2v) is 6.12. The predicted molar refractivity (Wildman–Crippen MR) is 88.0 cm³/mol. The highest BCUT2D eigenvalue weighted by Gasteiger charge is 2.27. The molecule has 6 heteroatoms. The number of amides is 1. The van der Waals surface area contributed by atoms with Crippen molar-refractivity contribution >= 4 is 27.5 Å². The predicted octanol–water partition coefficient (Wildman–Crippen LogP) is 2.90. The summed E-state index contributed by atoms with van der Waals surface area (Å²) in [5.41, 5.74) is 0.879. The Morgan fingerprint density at radius 2 is 2.05 bits per heavy atom. The molecule has 2 rings (SSSR count). The molecule has 0 radical (unpaired) electrons. The van der Waals surface area contributed by atoms with Gasteiger partial charge < -0.3 is 15.0 Å². The lowest BCUT2D eigenvalue weighted by Crippen LogP contribution is -2.48. The fraction of sp³-hybridized carbons (Fsp3) is 0.375. The minimum atomic E-state index is -0.274. The Hall–Kier alpha value is -1.84. The summed E-state index contributed by atoms with van der Waals surface area (Å²) in [4.78, 5) is 14.1. The molecule has 1 fully saturated rings. The molecule has 116 valence electrons. The number of para-hydroxylation sites is 1. The van der Waals surface area contributed by atoms with Gasteiger partial charge in [0.15, 0.2) is 0 Å². The average Bonchev–Trinajstić information content (AvgIpc) is 2.48. The zero-order valence-electron chi connectivity index (χ0n) is 12.5. The molecular weight excluding hydrogens is 346 g/mol. The van der Waals surface area contributed by atoms with Crippen LogP contribution >= 0.6 is 15.9 Å². The molecule has 5 nitrogen and oxygen atoms in total. The van der Waals surface area contributed by atoms with E-state index in [1.807, 2.05) is 44.2 Å². The van der Waals surface area contributed by atoms with Crippen molar-refractivity contribution in [2.45, 2.75) is 26.1 Å². The SMILES string of the molecule is CC1CN(C(=O)/C(C#N)=C\Nc2ccccc2Br)CC(C)O1. The van der Waals surface area contributed by atoms with Crippen LogP contribution in [0.1, 0.15) is 13.8 Å².